The number of hydrogen-bond donors (Lipinski definition) is 1. The van der Waals surface area contributed by atoms with Gasteiger partial charge in [0.05, 0.1) is 6.04 Å². The molecule has 2 aromatic rings. The van der Waals surface area contributed by atoms with E-state index in [9.17, 15) is 4.79 Å². The van der Waals surface area contributed by atoms with Gasteiger partial charge >= 0.3 is 0 Å². The Labute approximate surface area is 146 Å². The van der Waals surface area contributed by atoms with Crippen LogP contribution in [0.3, 0.4) is 0 Å². The maximum atomic E-state index is 12.1. The Hall–Kier alpha value is -2.14. The first-order valence-electron chi connectivity index (χ1n) is 8.09. The molecule has 3 rings (SSSR count). The summed E-state index contributed by atoms with van der Waals surface area (Å²) in [5.41, 5.74) is 1.02. The summed E-state index contributed by atoms with van der Waals surface area (Å²) in [6.45, 7) is 3.12. The van der Waals surface area contributed by atoms with Crippen LogP contribution >= 0.6 is 11.8 Å². The molecule has 0 saturated carbocycles. The van der Waals surface area contributed by atoms with Crippen LogP contribution in [0.5, 0.6) is 11.5 Å². The Morgan fingerprint density at radius 1 is 1.12 bits per heavy atom. The van der Waals surface area contributed by atoms with Crippen LogP contribution in [0, 0.1) is 0 Å². The number of fused-ring (bicyclic) bond motifs is 1. The molecular weight excluding hydrogens is 322 g/mol. The van der Waals surface area contributed by atoms with Crippen LogP contribution in [0.4, 0.5) is 0 Å². The second-order valence-corrected chi connectivity index (χ2v) is 6.77. The lowest BCUT2D eigenvalue weighted by Gasteiger charge is -2.21. The van der Waals surface area contributed by atoms with E-state index in [0.29, 0.717) is 19.6 Å². The first kappa shape index (κ1) is 16.7. The molecule has 0 spiro atoms. The molecule has 2 aromatic carbocycles. The van der Waals surface area contributed by atoms with E-state index in [1.54, 1.807) is 11.8 Å². The maximum absolute atomic E-state index is 12.1. The molecule has 0 saturated heterocycles. The van der Waals surface area contributed by atoms with E-state index < -0.39 is 0 Å². The molecule has 5 heteroatoms. The van der Waals surface area contributed by atoms with Crippen LogP contribution in [0.2, 0.25) is 0 Å². The Morgan fingerprint density at radius 3 is 2.67 bits per heavy atom. The molecule has 24 heavy (non-hydrogen) atoms. The molecule has 0 aromatic heterocycles. The SMILES string of the molecule is CC(NC(=O)CCSc1ccccc1)c1ccc2c(c1)OCCO2. The van der Waals surface area contributed by atoms with E-state index in [0.717, 1.165) is 22.8 Å². The molecule has 1 unspecified atom stereocenters. The molecule has 0 aliphatic carbocycles. The normalized spacial score (nSPS) is 14.0. The molecule has 1 heterocycles. The number of carbonyl (C=O) groups is 1. The first-order chi connectivity index (χ1) is 11.7. The van der Waals surface area contributed by atoms with Gasteiger partial charge < -0.3 is 14.8 Å². The monoisotopic (exact) mass is 343 g/mol. The average molecular weight is 343 g/mol. The smallest absolute Gasteiger partial charge is 0.221 e. The number of nitrogens with one attached hydrogen (secondary N) is 1. The van der Waals surface area contributed by atoms with Gasteiger partial charge in [0.15, 0.2) is 11.5 Å². The van der Waals surface area contributed by atoms with E-state index >= 15 is 0 Å². The number of ether oxygens (including phenoxy) is 2. The fraction of sp³-hybridized carbons (Fsp3) is 0.316. The summed E-state index contributed by atoms with van der Waals surface area (Å²) in [5.74, 6) is 2.34. The van der Waals surface area contributed by atoms with Gasteiger partial charge in [-0.15, -0.1) is 11.8 Å². The lowest BCUT2D eigenvalue weighted by Crippen LogP contribution is -2.27. The van der Waals surface area contributed by atoms with E-state index in [-0.39, 0.29) is 11.9 Å². The lowest BCUT2D eigenvalue weighted by atomic mass is 10.1. The minimum Gasteiger partial charge on any atom is -0.486 e. The predicted octanol–water partition coefficient (Wildman–Crippen LogP) is 3.82. The fourth-order valence-electron chi connectivity index (χ4n) is 2.50. The maximum Gasteiger partial charge on any atom is 0.221 e. The zero-order chi connectivity index (χ0) is 16.8. The van der Waals surface area contributed by atoms with Gasteiger partial charge in [0.25, 0.3) is 0 Å². The van der Waals surface area contributed by atoms with Crippen LogP contribution in [-0.4, -0.2) is 24.9 Å². The highest BCUT2D eigenvalue weighted by Gasteiger charge is 2.15. The van der Waals surface area contributed by atoms with Crippen molar-refractivity contribution < 1.29 is 14.3 Å². The van der Waals surface area contributed by atoms with Gasteiger partial charge in [0.2, 0.25) is 5.91 Å². The molecule has 126 valence electrons. The van der Waals surface area contributed by atoms with Gasteiger partial charge in [-0.2, -0.15) is 0 Å². The van der Waals surface area contributed by atoms with Crippen molar-refractivity contribution >= 4 is 17.7 Å². The van der Waals surface area contributed by atoms with Gasteiger partial charge in [-0.1, -0.05) is 24.3 Å². The Kier molecular flexibility index (Phi) is 5.64. The van der Waals surface area contributed by atoms with Crippen molar-refractivity contribution in [1.29, 1.82) is 0 Å². The number of benzene rings is 2. The van der Waals surface area contributed by atoms with Gasteiger partial charge in [-0.05, 0) is 36.8 Å². The Balaban J connectivity index is 1.49. The van der Waals surface area contributed by atoms with Crippen molar-refractivity contribution in [3.05, 3.63) is 54.1 Å². The second-order valence-electron chi connectivity index (χ2n) is 5.60. The van der Waals surface area contributed by atoms with E-state index in [1.807, 2.05) is 43.3 Å². The number of hydrogen-bond acceptors (Lipinski definition) is 4. The molecule has 1 atom stereocenters. The van der Waals surface area contributed by atoms with Gasteiger partial charge in [0, 0.05) is 17.1 Å². The summed E-state index contributed by atoms with van der Waals surface area (Å²) in [4.78, 5) is 13.3. The number of carbonyl (C=O) groups excluding carboxylic acids is 1. The van der Waals surface area contributed by atoms with Crippen molar-refractivity contribution in [3.63, 3.8) is 0 Å². The van der Waals surface area contributed by atoms with Crippen LogP contribution in [0.25, 0.3) is 0 Å². The van der Waals surface area contributed by atoms with Crippen LogP contribution < -0.4 is 14.8 Å². The van der Waals surface area contributed by atoms with Crippen molar-refractivity contribution in [2.45, 2.75) is 24.3 Å². The van der Waals surface area contributed by atoms with Crippen LogP contribution in [-0.2, 0) is 4.79 Å². The largest absolute Gasteiger partial charge is 0.486 e. The summed E-state index contributed by atoms with van der Waals surface area (Å²) in [6, 6.07) is 15.9. The highest BCUT2D eigenvalue weighted by molar-refractivity contribution is 7.99. The zero-order valence-electron chi connectivity index (χ0n) is 13.7. The molecule has 4 nitrogen and oxygen atoms in total. The number of rotatable bonds is 6. The summed E-state index contributed by atoms with van der Waals surface area (Å²) < 4.78 is 11.1. The van der Waals surface area contributed by atoms with Crippen molar-refractivity contribution in [1.82, 2.24) is 5.32 Å². The topological polar surface area (TPSA) is 47.6 Å². The third-order valence-corrected chi connectivity index (χ3v) is 4.80. The fourth-order valence-corrected chi connectivity index (χ4v) is 3.38. The van der Waals surface area contributed by atoms with Crippen molar-refractivity contribution in [3.8, 4) is 11.5 Å². The highest BCUT2D eigenvalue weighted by atomic mass is 32.2. The van der Waals surface area contributed by atoms with E-state index in [4.69, 9.17) is 9.47 Å². The van der Waals surface area contributed by atoms with E-state index in [1.165, 1.54) is 4.90 Å². The van der Waals surface area contributed by atoms with Gasteiger partial charge in [-0.25, -0.2) is 0 Å². The van der Waals surface area contributed by atoms with Crippen molar-refractivity contribution in [2.75, 3.05) is 19.0 Å². The zero-order valence-corrected chi connectivity index (χ0v) is 14.5. The minimum atomic E-state index is -0.0601. The lowest BCUT2D eigenvalue weighted by molar-refractivity contribution is -0.121. The average Bonchev–Trinajstić information content (AvgIpc) is 2.62. The molecule has 1 aliphatic rings. The molecule has 1 amide bonds. The summed E-state index contributed by atoms with van der Waals surface area (Å²) in [7, 11) is 0. The summed E-state index contributed by atoms with van der Waals surface area (Å²) in [5, 5.41) is 3.04. The Bertz CT molecular complexity index is 690. The van der Waals surface area contributed by atoms with Crippen LogP contribution in [0.1, 0.15) is 24.9 Å². The molecule has 0 radical (unpaired) electrons. The summed E-state index contributed by atoms with van der Waals surface area (Å²) >= 11 is 1.69. The van der Waals surface area contributed by atoms with E-state index in [2.05, 4.69) is 17.4 Å². The second kappa shape index (κ2) is 8.11. The standard InChI is InChI=1S/C19H21NO3S/c1-14(15-7-8-17-18(13-15)23-11-10-22-17)20-19(21)9-12-24-16-5-3-2-4-6-16/h2-8,13-14H,9-12H2,1H3,(H,20,21). The third kappa shape index (κ3) is 4.45. The van der Waals surface area contributed by atoms with Gasteiger partial charge in [-0.3, -0.25) is 4.79 Å². The first-order valence-corrected chi connectivity index (χ1v) is 9.08. The Morgan fingerprint density at radius 2 is 1.88 bits per heavy atom. The molecule has 1 aliphatic heterocycles. The summed E-state index contributed by atoms with van der Waals surface area (Å²) in [6.07, 6.45) is 0.494. The predicted molar refractivity (Wildman–Crippen MR) is 95.8 cm³/mol. The highest BCUT2D eigenvalue weighted by Crippen LogP contribution is 2.32. The molecule has 1 N–H and O–H groups in total. The van der Waals surface area contributed by atoms with Crippen molar-refractivity contribution in [2.24, 2.45) is 0 Å². The quantitative estimate of drug-likeness (QED) is 0.810. The minimum absolute atomic E-state index is 0.0563. The van der Waals surface area contributed by atoms with Gasteiger partial charge in [0.1, 0.15) is 13.2 Å². The van der Waals surface area contributed by atoms with Crippen LogP contribution in [0.15, 0.2) is 53.4 Å². The number of amides is 1. The molecule has 0 bridgehead atoms. The molecule has 0 fully saturated rings. The number of thioether (sulfide) groups is 1. The molecular formula is C19H21NO3S. The third-order valence-electron chi connectivity index (χ3n) is 3.78.